The number of hydrogen-bond donors (Lipinski definition) is 1. The van der Waals surface area contributed by atoms with Gasteiger partial charge < -0.3 is 18.5 Å². The van der Waals surface area contributed by atoms with Crippen molar-refractivity contribution in [1.29, 1.82) is 5.26 Å². The lowest BCUT2D eigenvalue weighted by Crippen LogP contribution is -2.36. The highest BCUT2D eigenvalue weighted by atomic mass is 31.2. The number of hydrogen-bond acceptors (Lipinski definition) is 8. The van der Waals surface area contributed by atoms with Crippen LogP contribution in [-0.2, 0) is 25.1 Å². The van der Waals surface area contributed by atoms with Crippen LogP contribution in [0.25, 0.3) is 10.8 Å². The molecule has 2 aromatic carbocycles. The van der Waals surface area contributed by atoms with Crippen LogP contribution >= 0.6 is 8.53 Å². The summed E-state index contributed by atoms with van der Waals surface area (Å²) in [5, 5.41) is 11.4. The van der Waals surface area contributed by atoms with Gasteiger partial charge in [0.25, 0.3) is 14.1 Å². The lowest BCUT2D eigenvalue weighted by atomic mass is 10.1. The average molecular weight is 583 g/mol. The van der Waals surface area contributed by atoms with Gasteiger partial charge in [0, 0.05) is 30.3 Å². The normalized spacial score (nSPS) is 19.8. The molecule has 1 N–H and O–H groups in total. The van der Waals surface area contributed by atoms with E-state index in [-0.39, 0.29) is 31.7 Å². The number of benzene rings is 2. The fraction of sp³-hybridized carbons (Fsp3) is 0.500. The topological polar surface area (TPSA) is 119 Å². The Kier molecular flexibility index (Phi) is 10.8. The number of H-pyrrole nitrogens is 1. The molecule has 1 aliphatic heterocycles. The molecule has 1 saturated heterocycles. The molecule has 3 aromatic rings. The van der Waals surface area contributed by atoms with Crippen LogP contribution in [0.4, 0.5) is 0 Å². The molecule has 0 aliphatic carbocycles. The second kappa shape index (κ2) is 14.3. The van der Waals surface area contributed by atoms with Gasteiger partial charge in [-0.15, -0.1) is 0 Å². The molecule has 10 nitrogen and oxygen atoms in total. The van der Waals surface area contributed by atoms with E-state index in [1.807, 2.05) is 18.2 Å². The summed E-state index contributed by atoms with van der Waals surface area (Å²) in [5.74, 6) is 0. The number of rotatable bonds is 13. The zero-order valence-corrected chi connectivity index (χ0v) is 25.2. The first kappa shape index (κ1) is 31.0. The van der Waals surface area contributed by atoms with Crippen LogP contribution in [0, 0.1) is 18.3 Å². The molecule has 0 bridgehead atoms. The Balaban J connectivity index is 1.55. The van der Waals surface area contributed by atoms with E-state index >= 15 is 0 Å². The van der Waals surface area contributed by atoms with Gasteiger partial charge in [-0.2, -0.15) is 5.26 Å². The summed E-state index contributed by atoms with van der Waals surface area (Å²) < 4.78 is 28.8. The third-order valence-corrected chi connectivity index (χ3v) is 9.04. The third kappa shape index (κ3) is 7.89. The van der Waals surface area contributed by atoms with Crippen molar-refractivity contribution in [2.24, 2.45) is 0 Å². The summed E-state index contributed by atoms with van der Waals surface area (Å²) in [6, 6.07) is 16.8. The predicted octanol–water partition coefficient (Wildman–Crippen LogP) is 5.16. The van der Waals surface area contributed by atoms with Crippen LogP contribution in [0.15, 0.2) is 58.3 Å². The van der Waals surface area contributed by atoms with Crippen LogP contribution in [0.5, 0.6) is 0 Å². The minimum Gasteiger partial charge on any atom is -0.374 e. The quantitative estimate of drug-likeness (QED) is 0.217. The Morgan fingerprint density at radius 2 is 1.88 bits per heavy atom. The molecule has 11 heteroatoms. The molecule has 41 heavy (non-hydrogen) atoms. The summed E-state index contributed by atoms with van der Waals surface area (Å²) in [6.45, 7) is 10.8. The van der Waals surface area contributed by atoms with E-state index in [4.69, 9.17) is 23.8 Å². The monoisotopic (exact) mass is 582 g/mol. The Morgan fingerprint density at radius 1 is 1.15 bits per heavy atom. The molecule has 0 radical (unpaired) electrons. The standard InChI is InChI=1S/C30H39N4O6P/c1-20(2)34(21(3)4)41(38-14-8-13-31)40-26-16-28(33-17-22(5)29(35)32-30(33)36)39-27(26)19-37-18-23-11-12-24-9-6-7-10-25(24)15-23/h6-7,9-12,15,17,20-21,26-28H,8,14,16,18-19H2,1-5H3,(H,32,35,36)/t26-,27+,28+,41?/m0/s1. The van der Waals surface area contributed by atoms with Crippen molar-refractivity contribution < 1.29 is 18.5 Å². The first-order valence-electron chi connectivity index (χ1n) is 14.0. The smallest absolute Gasteiger partial charge is 0.330 e. The van der Waals surface area contributed by atoms with Gasteiger partial charge in [-0.3, -0.25) is 14.3 Å². The maximum absolute atomic E-state index is 12.7. The molecular formula is C30H39N4O6P. The average Bonchev–Trinajstić information content (AvgIpc) is 3.32. The van der Waals surface area contributed by atoms with Gasteiger partial charge in [-0.05, 0) is 57.0 Å². The van der Waals surface area contributed by atoms with Crippen molar-refractivity contribution in [1.82, 2.24) is 14.2 Å². The highest BCUT2D eigenvalue weighted by Gasteiger charge is 2.41. The SMILES string of the molecule is Cc1cn([C@H]2C[C@H](OP(OCCC#N)N(C(C)C)C(C)C)[C@@H](COCc3ccc4ccccc4c3)O2)c(=O)[nH]c1=O. The molecule has 0 spiro atoms. The number of aryl methyl sites for hydroxylation is 1. The third-order valence-electron chi connectivity index (χ3n) is 6.89. The fourth-order valence-corrected chi connectivity index (χ4v) is 6.72. The summed E-state index contributed by atoms with van der Waals surface area (Å²) in [7, 11) is -1.54. The largest absolute Gasteiger partial charge is 0.374 e. The van der Waals surface area contributed by atoms with Crippen LogP contribution in [0.3, 0.4) is 0 Å². The molecule has 4 atom stereocenters. The van der Waals surface area contributed by atoms with E-state index in [0.29, 0.717) is 18.6 Å². The molecule has 0 amide bonds. The second-order valence-corrected chi connectivity index (χ2v) is 12.1. The lowest BCUT2D eigenvalue weighted by Gasteiger charge is -2.37. The van der Waals surface area contributed by atoms with E-state index in [2.05, 4.69) is 67.7 Å². The van der Waals surface area contributed by atoms with E-state index in [9.17, 15) is 9.59 Å². The molecule has 2 heterocycles. The number of nitrogens with one attached hydrogen (secondary N) is 1. The number of nitriles is 1. The second-order valence-electron chi connectivity index (χ2n) is 10.7. The van der Waals surface area contributed by atoms with Crippen molar-refractivity contribution in [3.63, 3.8) is 0 Å². The minimum absolute atomic E-state index is 0.133. The first-order valence-corrected chi connectivity index (χ1v) is 15.1. The summed E-state index contributed by atoms with van der Waals surface area (Å²) >= 11 is 0. The summed E-state index contributed by atoms with van der Waals surface area (Å²) in [5.41, 5.74) is 0.484. The van der Waals surface area contributed by atoms with E-state index in [0.717, 1.165) is 16.3 Å². The van der Waals surface area contributed by atoms with E-state index in [1.54, 1.807) is 6.92 Å². The molecule has 1 unspecified atom stereocenters. The van der Waals surface area contributed by atoms with Gasteiger partial charge in [0.2, 0.25) is 0 Å². The van der Waals surface area contributed by atoms with Crippen molar-refractivity contribution in [3.05, 3.63) is 80.6 Å². The van der Waals surface area contributed by atoms with E-state index in [1.165, 1.54) is 10.8 Å². The molecule has 0 saturated carbocycles. The van der Waals surface area contributed by atoms with Gasteiger partial charge in [0.15, 0.2) is 0 Å². The van der Waals surface area contributed by atoms with Crippen molar-refractivity contribution >= 4 is 19.3 Å². The molecule has 1 aliphatic rings. The molecule has 1 aromatic heterocycles. The Labute approximate surface area is 241 Å². The summed E-state index contributed by atoms with van der Waals surface area (Å²) in [6.07, 6.45) is 0.525. The zero-order valence-electron chi connectivity index (χ0n) is 24.3. The number of ether oxygens (including phenoxy) is 2. The van der Waals surface area contributed by atoms with Crippen LogP contribution < -0.4 is 11.2 Å². The van der Waals surface area contributed by atoms with Gasteiger partial charge in [0.1, 0.15) is 12.3 Å². The van der Waals surface area contributed by atoms with Crippen LogP contribution in [0.2, 0.25) is 0 Å². The van der Waals surface area contributed by atoms with E-state index < -0.39 is 38.2 Å². The van der Waals surface area contributed by atoms with Crippen molar-refractivity contribution in [2.45, 2.75) is 84.6 Å². The Bertz CT molecular complexity index is 1460. The maximum atomic E-state index is 12.7. The number of aromatic amines is 1. The number of fused-ring (bicyclic) bond motifs is 1. The fourth-order valence-electron chi connectivity index (χ4n) is 4.96. The number of aromatic nitrogens is 2. The highest BCUT2D eigenvalue weighted by Crippen LogP contribution is 2.50. The first-order chi connectivity index (χ1) is 19.7. The van der Waals surface area contributed by atoms with Gasteiger partial charge in [-0.1, -0.05) is 36.4 Å². The van der Waals surface area contributed by atoms with Gasteiger partial charge in [0.05, 0.1) is 38.4 Å². The summed E-state index contributed by atoms with van der Waals surface area (Å²) in [4.78, 5) is 27.0. The highest BCUT2D eigenvalue weighted by molar-refractivity contribution is 7.44. The Hall–Kier alpha value is -2.90. The van der Waals surface area contributed by atoms with Crippen LogP contribution in [0.1, 0.15) is 57.9 Å². The predicted molar refractivity (Wildman–Crippen MR) is 158 cm³/mol. The Morgan fingerprint density at radius 3 is 2.59 bits per heavy atom. The minimum atomic E-state index is -1.54. The molecular weight excluding hydrogens is 543 g/mol. The van der Waals surface area contributed by atoms with Crippen molar-refractivity contribution in [3.8, 4) is 6.07 Å². The lowest BCUT2D eigenvalue weighted by molar-refractivity contribution is -0.0647. The van der Waals surface area contributed by atoms with Gasteiger partial charge in [-0.25, -0.2) is 9.46 Å². The van der Waals surface area contributed by atoms with Gasteiger partial charge >= 0.3 is 5.69 Å². The maximum Gasteiger partial charge on any atom is 0.330 e. The van der Waals surface area contributed by atoms with Crippen LogP contribution in [-0.4, -0.2) is 51.7 Å². The zero-order chi connectivity index (χ0) is 29.5. The molecule has 4 rings (SSSR count). The molecule has 220 valence electrons. The number of nitrogens with zero attached hydrogens (tertiary/aromatic N) is 3. The molecule has 1 fully saturated rings. The van der Waals surface area contributed by atoms with Crippen molar-refractivity contribution in [2.75, 3.05) is 13.2 Å².